The largest absolute Gasteiger partial charge is 0.461 e. The lowest BCUT2D eigenvalue weighted by atomic mass is 9.78. The number of halogens is 1. The highest BCUT2D eigenvalue weighted by molar-refractivity contribution is 9.09. The van der Waals surface area contributed by atoms with Crippen LogP contribution in [0.3, 0.4) is 0 Å². The topological polar surface area (TPSA) is 64.6 Å². The van der Waals surface area contributed by atoms with Crippen molar-refractivity contribution < 1.29 is 19.1 Å². The second kappa shape index (κ2) is 8.77. The van der Waals surface area contributed by atoms with Crippen molar-refractivity contribution in [3.05, 3.63) is 90.0 Å². The SMILES string of the molecule is CC(C)(c1ccccc1)c1ccc(Oc2ccc(NC(=O)[C@@H]3[C@H]4C[C@H]5[C@H](OC(=O)[C@H]53)[C@@H]4Br)cc2)cc1. The number of hydrogen-bond donors (Lipinski definition) is 1. The van der Waals surface area contributed by atoms with Crippen LogP contribution >= 0.6 is 15.9 Å². The minimum absolute atomic E-state index is 0.0568. The molecular formula is C30H28BrNO4. The molecule has 1 N–H and O–H groups in total. The van der Waals surface area contributed by atoms with Crippen LogP contribution in [0, 0.1) is 23.7 Å². The zero-order valence-electron chi connectivity index (χ0n) is 20.2. The van der Waals surface area contributed by atoms with Crippen LogP contribution in [0.25, 0.3) is 0 Å². The second-order valence-electron chi connectivity index (χ2n) is 10.6. The van der Waals surface area contributed by atoms with Gasteiger partial charge in [0.1, 0.15) is 17.6 Å². The van der Waals surface area contributed by atoms with E-state index in [1.165, 1.54) is 11.1 Å². The molecule has 1 saturated heterocycles. The van der Waals surface area contributed by atoms with Gasteiger partial charge in [-0.15, -0.1) is 0 Å². The lowest BCUT2D eigenvalue weighted by molar-refractivity contribution is -0.145. The summed E-state index contributed by atoms with van der Waals surface area (Å²) in [6.07, 6.45) is 0.787. The highest BCUT2D eigenvalue weighted by Crippen LogP contribution is 2.60. The number of carbonyl (C=O) groups excluding carboxylic acids is 2. The fraction of sp³-hybridized carbons (Fsp3) is 0.333. The molecule has 6 atom stereocenters. The molecule has 36 heavy (non-hydrogen) atoms. The third kappa shape index (κ3) is 3.83. The lowest BCUT2D eigenvalue weighted by Gasteiger charge is -2.27. The number of hydrogen-bond acceptors (Lipinski definition) is 4. The Hall–Kier alpha value is -3.12. The highest BCUT2D eigenvalue weighted by atomic mass is 79.9. The van der Waals surface area contributed by atoms with Crippen LogP contribution in [0.1, 0.15) is 31.4 Å². The van der Waals surface area contributed by atoms with E-state index in [1.807, 2.05) is 42.5 Å². The van der Waals surface area contributed by atoms with Gasteiger partial charge in [0, 0.05) is 17.0 Å². The first-order valence-electron chi connectivity index (χ1n) is 12.4. The first kappa shape index (κ1) is 23.3. The van der Waals surface area contributed by atoms with Crippen molar-refractivity contribution >= 4 is 33.5 Å². The van der Waals surface area contributed by atoms with E-state index in [2.05, 4.69) is 71.5 Å². The molecule has 2 aliphatic carbocycles. The number of benzene rings is 3. The second-order valence-corrected chi connectivity index (χ2v) is 11.6. The lowest BCUT2D eigenvalue weighted by Crippen LogP contribution is -2.40. The maximum Gasteiger partial charge on any atom is 0.310 e. The van der Waals surface area contributed by atoms with Gasteiger partial charge >= 0.3 is 5.97 Å². The van der Waals surface area contributed by atoms with Gasteiger partial charge in [-0.25, -0.2) is 0 Å². The maximum absolute atomic E-state index is 13.1. The van der Waals surface area contributed by atoms with Gasteiger partial charge in [0.2, 0.25) is 5.91 Å². The van der Waals surface area contributed by atoms with Gasteiger partial charge in [0.05, 0.1) is 16.7 Å². The van der Waals surface area contributed by atoms with Crippen LogP contribution in [0.5, 0.6) is 11.5 Å². The van der Waals surface area contributed by atoms with Crippen LogP contribution in [0.15, 0.2) is 78.9 Å². The molecule has 184 valence electrons. The number of esters is 1. The van der Waals surface area contributed by atoms with Crippen molar-refractivity contribution in [3.63, 3.8) is 0 Å². The number of amides is 1. The Morgan fingerprint density at radius 3 is 2.19 bits per heavy atom. The van der Waals surface area contributed by atoms with E-state index < -0.39 is 0 Å². The molecule has 3 aromatic carbocycles. The van der Waals surface area contributed by atoms with E-state index in [4.69, 9.17) is 9.47 Å². The third-order valence-corrected chi connectivity index (χ3v) is 9.45. The molecule has 1 aliphatic heterocycles. The molecule has 0 spiro atoms. The van der Waals surface area contributed by atoms with E-state index >= 15 is 0 Å². The van der Waals surface area contributed by atoms with E-state index in [1.54, 1.807) is 0 Å². The molecule has 0 aromatic heterocycles. The van der Waals surface area contributed by atoms with Gasteiger partial charge in [0.25, 0.3) is 0 Å². The summed E-state index contributed by atoms with van der Waals surface area (Å²) in [5.74, 6) is 0.726. The van der Waals surface area contributed by atoms with Gasteiger partial charge in [0.15, 0.2) is 0 Å². The monoisotopic (exact) mass is 545 g/mol. The molecule has 0 unspecified atom stereocenters. The number of alkyl halides is 1. The van der Waals surface area contributed by atoms with Crippen molar-refractivity contribution in [1.82, 2.24) is 0 Å². The predicted molar refractivity (Wildman–Crippen MR) is 141 cm³/mol. The van der Waals surface area contributed by atoms with E-state index in [0.29, 0.717) is 11.4 Å². The fourth-order valence-electron chi connectivity index (χ4n) is 6.26. The minimum Gasteiger partial charge on any atom is -0.461 e. The molecule has 5 nitrogen and oxygen atoms in total. The summed E-state index contributed by atoms with van der Waals surface area (Å²) < 4.78 is 11.6. The van der Waals surface area contributed by atoms with Crippen molar-refractivity contribution in [2.24, 2.45) is 23.7 Å². The first-order valence-corrected chi connectivity index (χ1v) is 13.3. The van der Waals surface area contributed by atoms with Gasteiger partial charge in [-0.05, 0) is 59.9 Å². The Morgan fingerprint density at radius 1 is 0.917 bits per heavy atom. The number of rotatable bonds is 6. The Kier molecular flexibility index (Phi) is 5.67. The standard InChI is InChI=1S/C30H28BrNO4/c1-30(2,17-6-4-3-5-7-17)18-8-12-20(13-9-18)35-21-14-10-19(11-15-21)32-28(33)24-22-16-23-25(24)29(34)36-27(23)26(22)31/h3-15,22-27H,16H2,1-2H3,(H,32,33)/t22-,23-,24-,25-,26-,27+/m1/s1. The fourth-order valence-corrected chi connectivity index (χ4v) is 7.30. The average Bonchev–Trinajstić information content (AvgIpc) is 3.50. The van der Waals surface area contributed by atoms with Gasteiger partial charge < -0.3 is 14.8 Å². The number of nitrogens with one attached hydrogen (secondary N) is 1. The summed E-state index contributed by atoms with van der Waals surface area (Å²) in [7, 11) is 0. The van der Waals surface area contributed by atoms with Crippen molar-refractivity contribution in [2.45, 2.75) is 36.6 Å². The van der Waals surface area contributed by atoms with E-state index in [0.717, 1.165) is 12.2 Å². The molecule has 0 radical (unpaired) electrons. The van der Waals surface area contributed by atoms with Crippen LogP contribution < -0.4 is 10.1 Å². The summed E-state index contributed by atoms with van der Waals surface area (Å²) in [6.45, 7) is 4.43. The minimum atomic E-state index is -0.347. The van der Waals surface area contributed by atoms with Crippen LogP contribution in [0.4, 0.5) is 5.69 Å². The molecule has 3 aliphatic rings. The van der Waals surface area contributed by atoms with Gasteiger partial charge in [-0.1, -0.05) is 72.2 Å². The summed E-state index contributed by atoms with van der Waals surface area (Å²) in [6, 6.07) is 26.0. The molecular weight excluding hydrogens is 518 g/mol. The Morgan fingerprint density at radius 2 is 1.53 bits per heavy atom. The smallest absolute Gasteiger partial charge is 0.310 e. The first-order chi connectivity index (χ1) is 17.3. The van der Waals surface area contributed by atoms with Gasteiger partial charge in [-0.2, -0.15) is 0 Å². The quantitative estimate of drug-likeness (QED) is 0.291. The zero-order chi connectivity index (χ0) is 25.0. The maximum atomic E-state index is 13.1. The summed E-state index contributed by atoms with van der Waals surface area (Å²) >= 11 is 3.66. The van der Waals surface area contributed by atoms with Gasteiger partial charge in [-0.3, -0.25) is 9.59 Å². The van der Waals surface area contributed by atoms with Crippen molar-refractivity contribution in [1.29, 1.82) is 0 Å². The molecule has 6 rings (SSSR count). The summed E-state index contributed by atoms with van der Waals surface area (Å²) in [5, 5.41) is 3.00. The van der Waals surface area contributed by atoms with Crippen molar-refractivity contribution in [2.75, 3.05) is 5.32 Å². The highest BCUT2D eigenvalue weighted by Gasteiger charge is 2.67. The number of ether oxygens (including phenoxy) is 2. The molecule has 6 heteroatoms. The number of carbonyl (C=O) groups is 2. The number of fused-ring (bicyclic) bond motifs is 1. The third-order valence-electron chi connectivity index (χ3n) is 8.25. The van der Waals surface area contributed by atoms with Crippen LogP contribution in [-0.4, -0.2) is 22.8 Å². The average molecular weight is 546 g/mol. The molecule has 3 fully saturated rings. The molecule has 2 bridgehead atoms. The molecule has 1 amide bonds. The van der Waals surface area contributed by atoms with Crippen molar-refractivity contribution in [3.8, 4) is 11.5 Å². The molecule has 2 saturated carbocycles. The van der Waals surface area contributed by atoms with Crippen LogP contribution in [-0.2, 0) is 19.7 Å². The van der Waals surface area contributed by atoms with Crippen LogP contribution in [0.2, 0.25) is 0 Å². The zero-order valence-corrected chi connectivity index (χ0v) is 21.8. The molecule has 3 aromatic rings. The summed E-state index contributed by atoms with van der Waals surface area (Å²) in [4.78, 5) is 25.5. The normalized spacial score (nSPS) is 28.1. The number of anilines is 1. The summed E-state index contributed by atoms with van der Waals surface area (Å²) in [5.41, 5.74) is 3.05. The predicted octanol–water partition coefficient (Wildman–Crippen LogP) is 6.31. The van der Waals surface area contributed by atoms with E-state index in [9.17, 15) is 9.59 Å². The molecule has 1 heterocycles. The Bertz CT molecular complexity index is 1290. The Balaban J connectivity index is 1.10. The van der Waals surface area contributed by atoms with E-state index in [-0.39, 0.29) is 51.9 Å². The Labute approximate surface area is 219 Å².